The number of hydrogen-bond acceptors (Lipinski definition) is 2. The van der Waals surface area contributed by atoms with Gasteiger partial charge >= 0.3 is 5.97 Å². The van der Waals surface area contributed by atoms with E-state index in [4.69, 9.17) is 4.74 Å². The van der Waals surface area contributed by atoms with Gasteiger partial charge in [-0.15, -0.1) is 0 Å². The third kappa shape index (κ3) is 5.63. The zero-order valence-electron chi connectivity index (χ0n) is 20.1. The van der Waals surface area contributed by atoms with Crippen molar-refractivity contribution in [3.8, 4) is 16.9 Å². The minimum Gasteiger partial charge on any atom is -0.426 e. The minimum atomic E-state index is -0.0225. The van der Waals surface area contributed by atoms with Gasteiger partial charge in [0.15, 0.2) is 0 Å². The Balaban J connectivity index is 1.32. The Hall–Kier alpha value is -2.09. The van der Waals surface area contributed by atoms with Gasteiger partial charge in [-0.3, -0.25) is 4.79 Å². The zero-order valence-corrected chi connectivity index (χ0v) is 20.1. The molecule has 0 spiro atoms. The molecule has 4 rings (SSSR count). The molecule has 2 aliphatic rings. The fourth-order valence-corrected chi connectivity index (χ4v) is 5.61. The molecule has 2 aromatic rings. The second kappa shape index (κ2) is 11.2. The number of esters is 1. The monoisotopic (exact) mass is 432 g/mol. The summed E-state index contributed by atoms with van der Waals surface area (Å²) in [6, 6.07) is 13.2. The summed E-state index contributed by atoms with van der Waals surface area (Å²) in [5, 5.41) is 0. The molecule has 0 saturated heterocycles. The van der Waals surface area contributed by atoms with Gasteiger partial charge in [-0.05, 0) is 90.8 Å². The highest BCUT2D eigenvalue weighted by atomic mass is 16.5. The van der Waals surface area contributed by atoms with Crippen molar-refractivity contribution in [2.45, 2.75) is 97.3 Å². The maximum Gasteiger partial charge on any atom is 0.314 e. The first-order valence-corrected chi connectivity index (χ1v) is 13.1. The molecule has 0 bridgehead atoms. The summed E-state index contributed by atoms with van der Waals surface area (Å²) in [5.41, 5.74) is 6.79. The van der Waals surface area contributed by atoms with E-state index < -0.39 is 0 Å². The summed E-state index contributed by atoms with van der Waals surface area (Å²) in [5.74, 6) is 1.59. The molecule has 0 unspecified atom stereocenters. The van der Waals surface area contributed by atoms with Crippen LogP contribution in [0.5, 0.6) is 5.75 Å². The average Bonchev–Trinajstić information content (AvgIpc) is 3.16. The quantitative estimate of drug-likeness (QED) is 0.183. The topological polar surface area (TPSA) is 26.3 Å². The van der Waals surface area contributed by atoms with Gasteiger partial charge in [0.2, 0.25) is 0 Å². The minimum absolute atomic E-state index is 0.0225. The molecule has 172 valence electrons. The molecule has 0 N–H and O–H groups in total. The molecule has 1 saturated carbocycles. The van der Waals surface area contributed by atoms with Crippen LogP contribution in [0, 0.1) is 11.8 Å². The Morgan fingerprint density at radius 2 is 1.53 bits per heavy atom. The van der Waals surface area contributed by atoms with Gasteiger partial charge in [-0.2, -0.15) is 0 Å². The lowest BCUT2D eigenvalue weighted by Gasteiger charge is -2.27. The number of fused-ring (bicyclic) bond motifs is 3. The summed E-state index contributed by atoms with van der Waals surface area (Å²) in [6.07, 6.45) is 15.6. The molecule has 2 aromatic carbocycles. The molecule has 32 heavy (non-hydrogen) atoms. The number of benzene rings is 2. The highest BCUT2D eigenvalue weighted by Crippen LogP contribution is 2.39. The van der Waals surface area contributed by atoms with Crippen LogP contribution in [0.4, 0.5) is 0 Å². The third-order valence-corrected chi connectivity index (χ3v) is 7.60. The van der Waals surface area contributed by atoms with Crippen LogP contribution in [0.3, 0.4) is 0 Å². The number of unbranched alkanes of at least 4 members (excludes halogenated alkanes) is 4. The normalized spacial score (nSPS) is 19.4. The maximum absolute atomic E-state index is 12.8. The van der Waals surface area contributed by atoms with Crippen molar-refractivity contribution in [3.63, 3.8) is 0 Å². The predicted octanol–water partition coefficient (Wildman–Crippen LogP) is 8.28. The van der Waals surface area contributed by atoms with Crippen molar-refractivity contribution in [2.75, 3.05) is 0 Å². The van der Waals surface area contributed by atoms with Crippen LogP contribution >= 0.6 is 0 Å². The van der Waals surface area contributed by atoms with Crippen molar-refractivity contribution in [2.24, 2.45) is 11.8 Å². The fraction of sp³-hybridized carbons (Fsp3) is 0.567. The summed E-state index contributed by atoms with van der Waals surface area (Å²) in [6.45, 7) is 4.51. The Morgan fingerprint density at radius 1 is 0.844 bits per heavy atom. The van der Waals surface area contributed by atoms with Crippen LogP contribution in [0.25, 0.3) is 11.1 Å². The van der Waals surface area contributed by atoms with E-state index in [0.717, 1.165) is 30.9 Å². The molecule has 0 amide bonds. The summed E-state index contributed by atoms with van der Waals surface area (Å²) >= 11 is 0. The van der Waals surface area contributed by atoms with E-state index in [2.05, 4.69) is 44.2 Å². The van der Waals surface area contributed by atoms with Crippen LogP contribution in [0.1, 0.15) is 101 Å². The molecule has 2 heteroatoms. The molecule has 0 aromatic heterocycles. The van der Waals surface area contributed by atoms with Crippen LogP contribution in [-0.4, -0.2) is 5.97 Å². The van der Waals surface area contributed by atoms with E-state index in [1.165, 1.54) is 92.0 Å². The predicted molar refractivity (Wildman–Crippen MR) is 133 cm³/mol. The molecule has 2 nitrogen and oxygen atoms in total. The molecule has 0 atom stereocenters. The Morgan fingerprint density at radius 3 is 2.28 bits per heavy atom. The van der Waals surface area contributed by atoms with Gasteiger partial charge in [-0.25, -0.2) is 0 Å². The second-order valence-corrected chi connectivity index (χ2v) is 10.1. The van der Waals surface area contributed by atoms with E-state index in [9.17, 15) is 4.79 Å². The van der Waals surface area contributed by atoms with Crippen molar-refractivity contribution >= 4 is 5.97 Å². The molecule has 2 aliphatic carbocycles. The molecule has 1 fully saturated rings. The summed E-state index contributed by atoms with van der Waals surface area (Å²) < 4.78 is 5.86. The van der Waals surface area contributed by atoms with Crippen molar-refractivity contribution in [3.05, 3.63) is 53.1 Å². The molecule has 0 radical (unpaired) electrons. The smallest absolute Gasteiger partial charge is 0.314 e. The van der Waals surface area contributed by atoms with Gasteiger partial charge < -0.3 is 4.74 Å². The van der Waals surface area contributed by atoms with Gasteiger partial charge in [0.1, 0.15) is 5.75 Å². The molecular weight excluding hydrogens is 392 g/mol. The lowest BCUT2D eigenvalue weighted by Crippen LogP contribution is -2.25. The first kappa shape index (κ1) is 23.1. The standard InChI is InChI=1S/C30H40O2/c1-3-5-7-9-22-11-14-24(15-12-22)30(31)32-27-16-18-29-26(21-27)20-25-19-23(10-8-6-4-2)13-17-28(25)29/h13,16-19,21-22,24H,3-12,14-15,20H2,1-2H3. The van der Waals surface area contributed by atoms with E-state index in [1.807, 2.05) is 6.07 Å². The Labute approximate surface area is 194 Å². The van der Waals surface area contributed by atoms with Crippen LogP contribution in [-0.2, 0) is 17.6 Å². The average molecular weight is 433 g/mol. The van der Waals surface area contributed by atoms with Crippen molar-refractivity contribution in [1.29, 1.82) is 0 Å². The summed E-state index contributed by atoms with van der Waals surface area (Å²) in [4.78, 5) is 12.8. The van der Waals surface area contributed by atoms with E-state index in [-0.39, 0.29) is 11.9 Å². The first-order valence-electron chi connectivity index (χ1n) is 13.1. The van der Waals surface area contributed by atoms with Crippen molar-refractivity contribution in [1.82, 2.24) is 0 Å². The highest BCUT2D eigenvalue weighted by Gasteiger charge is 2.28. The van der Waals surface area contributed by atoms with Gasteiger partial charge in [0.25, 0.3) is 0 Å². The molecule has 0 aliphatic heterocycles. The van der Waals surface area contributed by atoms with E-state index in [1.54, 1.807) is 0 Å². The Kier molecular flexibility index (Phi) is 8.05. The lowest BCUT2D eigenvalue weighted by molar-refractivity contribution is -0.140. The van der Waals surface area contributed by atoms with Gasteiger partial charge in [0.05, 0.1) is 5.92 Å². The van der Waals surface area contributed by atoms with Crippen LogP contribution in [0.15, 0.2) is 36.4 Å². The third-order valence-electron chi connectivity index (χ3n) is 7.60. The van der Waals surface area contributed by atoms with Gasteiger partial charge in [-0.1, -0.05) is 76.6 Å². The van der Waals surface area contributed by atoms with Gasteiger partial charge in [0, 0.05) is 0 Å². The highest BCUT2D eigenvalue weighted by molar-refractivity contribution is 5.79. The summed E-state index contributed by atoms with van der Waals surface area (Å²) in [7, 11) is 0. The first-order chi connectivity index (χ1) is 15.7. The van der Waals surface area contributed by atoms with E-state index in [0.29, 0.717) is 0 Å². The molecular formula is C30H40O2. The zero-order chi connectivity index (χ0) is 22.3. The Bertz CT molecular complexity index is 905. The van der Waals surface area contributed by atoms with Crippen molar-refractivity contribution < 1.29 is 9.53 Å². The SMILES string of the molecule is CCCCCc1ccc2c(c1)Cc1cc(OC(=O)C3CCC(CCCCC)CC3)ccc1-2. The number of hydrogen-bond donors (Lipinski definition) is 0. The van der Waals surface area contributed by atoms with E-state index >= 15 is 0 Å². The number of aryl methyl sites for hydroxylation is 1. The second-order valence-electron chi connectivity index (χ2n) is 10.1. The number of carbonyl (C=O) groups excluding carboxylic acids is 1. The number of carbonyl (C=O) groups is 1. The fourth-order valence-electron chi connectivity index (χ4n) is 5.61. The lowest BCUT2D eigenvalue weighted by atomic mass is 9.80. The van der Waals surface area contributed by atoms with Crippen LogP contribution in [0.2, 0.25) is 0 Å². The maximum atomic E-state index is 12.8. The number of ether oxygens (including phenoxy) is 1. The molecule has 0 heterocycles. The van der Waals surface area contributed by atoms with Crippen LogP contribution < -0.4 is 4.74 Å². The number of rotatable bonds is 10. The largest absolute Gasteiger partial charge is 0.426 e.